The van der Waals surface area contributed by atoms with Crippen LogP contribution in [0.2, 0.25) is 0 Å². The van der Waals surface area contributed by atoms with E-state index in [0.29, 0.717) is 17.9 Å². The van der Waals surface area contributed by atoms with Crippen LogP contribution in [0.1, 0.15) is 24.8 Å². The lowest BCUT2D eigenvalue weighted by Crippen LogP contribution is -2.10. The van der Waals surface area contributed by atoms with Gasteiger partial charge in [-0.2, -0.15) is 0 Å². The van der Waals surface area contributed by atoms with E-state index in [0.717, 1.165) is 5.56 Å². The Balaban J connectivity index is 3.11. The van der Waals surface area contributed by atoms with E-state index in [1.807, 2.05) is 6.92 Å². The number of aliphatic carboxylic acids is 1. The van der Waals surface area contributed by atoms with Crippen molar-refractivity contribution < 1.29 is 19.4 Å². The summed E-state index contributed by atoms with van der Waals surface area (Å²) in [6.45, 7) is 1.84. The van der Waals surface area contributed by atoms with Gasteiger partial charge in [-0.05, 0) is 24.1 Å². The lowest BCUT2D eigenvalue weighted by molar-refractivity contribution is -0.138. The minimum Gasteiger partial charge on any atom is -0.493 e. The molecule has 0 aromatic heterocycles. The Labute approximate surface area is 94.8 Å². The number of benzene rings is 1. The van der Waals surface area contributed by atoms with Gasteiger partial charge in [0.2, 0.25) is 0 Å². The maximum absolute atomic E-state index is 11.0. The van der Waals surface area contributed by atoms with E-state index in [4.69, 9.17) is 14.6 Å². The van der Waals surface area contributed by atoms with Crippen LogP contribution < -0.4 is 9.47 Å². The Morgan fingerprint density at radius 1 is 1.31 bits per heavy atom. The molecule has 0 aliphatic heterocycles. The summed E-state index contributed by atoms with van der Waals surface area (Å²) in [6.07, 6.45) is 0.546. The number of carboxylic acids is 1. The summed E-state index contributed by atoms with van der Waals surface area (Å²) in [6, 6.07) is 5.19. The van der Waals surface area contributed by atoms with Crippen molar-refractivity contribution in [2.75, 3.05) is 14.2 Å². The molecule has 1 rings (SSSR count). The zero-order chi connectivity index (χ0) is 12.1. The molecule has 1 aromatic rings. The molecule has 0 amide bonds. The lowest BCUT2D eigenvalue weighted by Gasteiger charge is -2.13. The second-order valence-corrected chi connectivity index (χ2v) is 3.41. The van der Waals surface area contributed by atoms with E-state index in [-0.39, 0.29) is 0 Å². The molecule has 0 aliphatic carbocycles. The van der Waals surface area contributed by atoms with Crippen LogP contribution in [0.5, 0.6) is 11.5 Å². The first-order valence-corrected chi connectivity index (χ1v) is 5.08. The fraction of sp³-hybridized carbons (Fsp3) is 0.417. The molecule has 4 nitrogen and oxygen atoms in total. The SMILES string of the molecule is CCC(C(=O)O)c1ccc(OC)c(OC)c1. The highest BCUT2D eigenvalue weighted by Gasteiger charge is 2.19. The molecule has 16 heavy (non-hydrogen) atoms. The highest BCUT2D eigenvalue weighted by Crippen LogP contribution is 2.31. The standard InChI is InChI=1S/C12H16O4/c1-4-9(12(13)14)8-5-6-10(15-2)11(7-8)16-3/h5-7,9H,4H2,1-3H3,(H,13,14). The van der Waals surface area contributed by atoms with Crippen molar-refractivity contribution in [1.29, 1.82) is 0 Å². The topological polar surface area (TPSA) is 55.8 Å². The number of hydrogen-bond donors (Lipinski definition) is 1. The molecule has 0 bridgehead atoms. The van der Waals surface area contributed by atoms with Crippen LogP contribution in [0, 0.1) is 0 Å². The fourth-order valence-electron chi connectivity index (χ4n) is 1.62. The Kier molecular flexibility index (Phi) is 4.17. The van der Waals surface area contributed by atoms with Crippen LogP contribution in [0.3, 0.4) is 0 Å². The van der Waals surface area contributed by atoms with Gasteiger partial charge in [0, 0.05) is 0 Å². The minimum atomic E-state index is -0.824. The van der Waals surface area contributed by atoms with Crippen LogP contribution in [0.4, 0.5) is 0 Å². The molecule has 0 spiro atoms. The van der Waals surface area contributed by atoms with Crippen LogP contribution in [-0.2, 0) is 4.79 Å². The fourth-order valence-corrected chi connectivity index (χ4v) is 1.62. The van der Waals surface area contributed by atoms with E-state index in [1.54, 1.807) is 25.3 Å². The summed E-state index contributed by atoms with van der Waals surface area (Å²) in [5, 5.41) is 9.04. The molecular formula is C12H16O4. The highest BCUT2D eigenvalue weighted by molar-refractivity contribution is 5.76. The summed E-state index contributed by atoms with van der Waals surface area (Å²) in [4.78, 5) is 11.0. The van der Waals surface area contributed by atoms with Gasteiger partial charge in [-0.25, -0.2) is 0 Å². The summed E-state index contributed by atoms with van der Waals surface area (Å²) in [5.74, 6) is -0.166. The van der Waals surface area contributed by atoms with Crippen molar-refractivity contribution in [2.45, 2.75) is 19.3 Å². The lowest BCUT2D eigenvalue weighted by atomic mass is 9.96. The van der Waals surface area contributed by atoms with Gasteiger partial charge in [-0.1, -0.05) is 13.0 Å². The van der Waals surface area contributed by atoms with Crippen LogP contribution in [0.15, 0.2) is 18.2 Å². The van der Waals surface area contributed by atoms with Gasteiger partial charge in [0.05, 0.1) is 20.1 Å². The number of hydrogen-bond acceptors (Lipinski definition) is 3. The normalized spacial score (nSPS) is 11.9. The summed E-state index contributed by atoms with van der Waals surface area (Å²) >= 11 is 0. The Hall–Kier alpha value is -1.71. The van der Waals surface area contributed by atoms with Crippen LogP contribution in [-0.4, -0.2) is 25.3 Å². The van der Waals surface area contributed by atoms with Crippen LogP contribution in [0.25, 0.3) is 0 Å². The maximum atomic E-state index is 11.0. The monoisotopic (exact) mass is 224 g/mol. The van der Waals surface area contributed by atoms with Crippen LogP contribution >= 0.6 is 0 Å². The largest absolute Gasteiger partial charge is 0.493 e. The highest BCUT2D eigenvalue weighted by atomic mass is 16.5. The van der Waals surface area contributed by atoms with E-state index in [9.17, 15) is 4.79 Å². The molecule has 1 atom stereocenters. The Morgan fingerprint density at radius 3 is 2.38 bits per heavy atom. The summed E-state index contributed by atoms with van der Waals surface area (Å²) < 4.78 is 10.2. The summed E-state index contributed by atoms with van der Waals surface area (Å²) in [5.41, 5.74) is 0.729. The zero-order valence-electron chi connectivity index (χ0n) is 9.69. The van der Waals surface area contributed by atoms with Crippen molar-refractivity contribution in [1.82, 2.24) is 0 Å². The Bertz CT molecular complexity index is 373. The molecule has 0 saturated heterocycles. The van der Waals surface area contributed by atoms with Gasteiger partial charge in [-0.15, -0.1) is 0 Å². The van der Waals surface area contributed by atoms with E-state index >= 15 is 0 Å². The molecule has 0 aliphatic rings. The van der Waals surface area contributed by atoms with E-state index in [2.05, 4.69) is 0 Å². The number of carboxylic acid groups (broad SMARTS) is 1. The molecule has 0 heterocycles. The second kappa shape index (κ2) is 5.39. The van der Waals surface area contributed by atoms with Gasteiger partial charge in [-0.3, -0.25) is 4.79 Å². The van der Waals surface area contributed by atoms with Crippen molar-refractivity contribution in [3.05, 3.63) is 23.8 Å². The quantitative estimate of drug-likeness (QED) is 0.833. The van der Waals surface area contributed by atoms with Crippen molar-refractivity contribution in [3.63, 3.8) is 0 Å². The third-order valence-corrected chi connectivity index (χ3v) is 2.52. The molecule has 0 fully saturated rings. The van der Waals surface area contributed by atoms with E-state index < -0.39 is 11.9 Å². The zero-order valence-corrected chi connectivity index (χ0v) is 9.69. The van der Waals surface area contributed by atoms with Crippen molar-refractivity contribution in [3.8, 4) is 11.5 Å². The predicted molar refractivity (Wildman–Crippen MR) is 60.2 cm³/mol. The number of methoxy groups -OCH3 is 2. The minimum absolute atomic E-state index is 0.500. The molecule has 0 radical (unpaired) electrons. The van der Waals surface area contributed by atoms with Gasteiger partial charge in [0.1, 0.15) is 0 Å². The average Bonchev–Trinajstić information content (AvgIpc) is 2.29. The van der Waals surface area contributed by atoms with Gasteiger partial charge >= 0.3 is 5.97 Å². The molecule has 0 saturated carbocycles. The average molecular weight is 224 g/mol. The third-order valence-electron chi connectivity index (χ3n) is 2.52. The van der Waals surface area contributed by atoms with Crippen molar-refractivity contribution >= 4 is 5.97 Å². The van der Waals surface area contributed by atoms with E-state index in [1.165, 1.54) is 7.11 Å². The first kappa shape index (κ1) is 12.4. The molecular weight excluding hydrogens is 208 g/mol. The first-order valence-electron chi connectivity index (χ1n) is 5.08. The van der Waals surface area contributed by atoms with Gasteiger partial charge < -0.3 is 14.6 Å². The summed E-state index contributed by atoms with van der Waals surface area (Å²) in [7, 11) is 3.08. The van der Waals surface area contributed by atoms with Gasteiger partial charge in [0.25, 0.3) is 0 Å². The molecule has 4 heteroatoms. The van der Waals surface area contributed by atoms with Gasteiger partial charge in [0.15, 0.2) is 11.5 Å². The number of rotatable bonds is 5. The van der Waals surface area contributed by atoms with Crippen molar-refractivity contribution in [2.24, 2.45) is 0 Å². The second-order valence-electron chi connectivity index (χ2n) is 3.41. The molecule has 1 aromatic carbocycles. The molecule has 88 valence electrons. The smallest absolute Gasteiger partial charge is 0.310 e. The first-order chi connectivity index (χ1) is 7.63. The number of carbonyl (C=O) groups is 1. The Morgan fingerprint density at radius 2 is 1.94 bits per heavy atom. The molecule has 1 unspecified atom stereocenters. The predicted octanol–water partition coefficient (Wildman–Crippen LogP) is 2.28. The third kappa shape index (κ3) is 2.45. The molecule has 1 N–H and O–H groups in total. The number of ether oxygens (including phenoxy) is 2. The maximum Gasteiger partial charge on any atom is 0.310 e.